The summed E-state index contributed by atoms with van der Waals surface area (Å²) in [5.74, 6) is -1.80. The molecule has 0 spiro atoms. The van der Waals surface area contributed by atoms with Gasteiger partial charge in [-0.1, -0.05) is 41.4 Å². The summed E-state index contributed by atoms with van der Waals surface area (Å²) in [5.41, 5.74) is 2.72. The lowest BCUT2D eigenvalue weighted by Gasteiger charge is -2.48. The SMILES string of the molecule is COCCN1CCN(c2cc(Cl)c(C(=O)N3COc4c(cccc4-c4cc(N5C6CCC5COC6)c(C(=O)O)cc4F)C3)c(Cl)c2)CC1(C)C. The van der Waals surface area contributed by atoms with Crippen LogP contribution in [0, 0.1) is 5.82 Å². The van der Waals surface area contributed by atoms with Gasteiger partial charge in [-0.2, -0.15) is 0 Å². The maximum absolute atomic E-state index is 15.7. The molecule has 50 heavy (non-hydrogen) atoms. The lowest BCUT2D eigenvalue weighted by atomic mass is 9.96. The van der Waals surface area contributed by atoms with E-state index in [1.807, 2.05) is 6.07 Å². The number of nitrogens with zero attached hydrogens (tertiary/aromatic N) is 4. The van der Waals surface area contributed by atoms with Gasteiger partial charge in [0.25, 0.3) is 5.91 Å². The summed E-state index contributed by atoms with van der Waals surface area (Å²) in [6, 6.07) is 11.7. The second-order valence-corrected chi connectivity index (χ2v) is 14.9. The van der Waals surface area contributed by atoms with Crippen molar-refractivity contribution >= 4 is 46.5 Å². The van der Waals surface area contributed by atoms with Crippen LogP contribution < -0.4 is 14.5 Å². The fraction of sp³-hybridized carbons (Fsp3) is 0.459. The normalized spacial score (nSPS) is 21.6. The first-order valence-corrected chi connectivity index (χ1v) is 17.7. The number of hydrogen-bond acceptors (Lipinski definition) is 8. The van der Waals surface area contributed by atoms with E-state index in [0.29, 0.717) is 42.4 Å². The Bertz CT molecular complexity index is 1790. The maximum Gasteiger partial charge on any atom is 0.337 e. The third-order valence-corrected chi connectivity index (χ3v) is 11.1. The Hall–Kier alpha value is -3.61. The summed E-state index contributed by atoms with van der Waals surface area (Å²) >= 11 is 13.6. The number of halogens is 3. The molecule has 2 bridgehead atoms. The van der Waals surface area contributed by atoms with E-state index in [1.54, 1.807) is 37.4 Å². The smallest absolute Gasteiger partial charge is 0.337 e. The molecule has 0 aliphatic carbocycles. The number of carboxylic acids is 1. The molecule has 7 rings (SSSR count). The van der Waals surface area contributed by atoms with Gasteiger partial charge >= 0.3 is 5.97 Å². The molecule has 3 aromatic rings. The molecule has 4 heterocycles. The number of methoxy groups -OCH3 is 1. The fourth-order valence-corrected chi connectivity index (χ4v) is 8.56. The molecular formula is C37H41Cl2FN4O6. The van der Waals surface area contributed by atoms with Crippen LogP contribution in [-0.4, -0.2) is 104 Å². The van der Waals surface area contributed by atoms with Crippen molar-refractivity contribution in [3.8, 4) is 16.9 Å². The van der Waals surface area contributed by atoms with Crippen molar-refractivity contribution in [2.75, 3.05) is 69.6 Å². The molecule has 2 unspecified atom stereocenters. The van der Waals surface area contributed by atoms with Crippen LogP contribution in [0.2, 0.25) is 10.0 Å². The molecule has 266 valence electrons. The number of carbonyl (C=O) groups is 2. The summed E-state index contributed by atoms with van der Waals surface area (Å²) in [4.78, 5) is 34.4. The van der Waals surface area contributed by atoms with Gasteiger partial charge in [0.1, 0.15) is 11.6 Å². The topological polar surface area (TPSA) is 95.0 Å². The number of morpholine rings is 1. The monoisotopic (exact) mass is 726 g/mol. The summed E-state index contributed by atoms with van der Waals surface area (Å²) in [7, 11) is 1.71. The van der Waals surface area contributed by atoms with E-state index >= 15 is 4.39 Å². The Morgan fingerprint density at radius 2 is 1.76 bits per heavy atom. The first-order valence-electron chi connectivity index (χ1n) is 16.9. The molecule has 3 fully saturated rings. The van der Waals surface area contributed by atoms with Crippen LogP contribution in [0.4, 0.5) is 15.8 Å². The highest BCUT2D eigenvalue weighted by Crippen LogP contribution is 2.43. The number of para-hydroxylation sites is 1. The Kier molecular flexibility index (Phi) is 9.64. The van der Waals surface area contributed by atoms with E-state index < -0.39 is 11.8 Å². The molecule has 3 aromatic carbocycles. The van der Waals surface area contributed by atoms with E-state index in [1.165, 1.54) is 4.90 Å². The highest BCUT2D eigenvalue weighted by molar-refractivity contribution is 6.40. The molecule has 1 amide bonds. The van der Waals surface area contributed by atoms with Crippen molar-refractivity contribution in [3.63, 3.8) is 0 Å². The number of carbonyl (C=O) groups excluding carboxylic acids is 1. The number of aromatic carboxylic acids is 1. The molecule has 0 radical (unpaired) electrons. The molecule has 10 nitrogen and oxygen atoms in total. The van der Waals surface area contributed by atoms with Crippen LogP contribution in [0.5, 0.6) is 5.75 Å². The number of carboxylic acid groups (broad SMARTS) is 1. The van der Waals surface area contributed by atoms with Crippen LogP contribution in [0.25, 0.3) is 11.1 Å². The van der Waals surface area contributed by atoms with Crippen molar-refractivity contribution < 1.29 is 33.3 Å². The number of piperazine rings is 1. The minimum absolute atomic E-state index is 0.0292. The van der Waals surface area contributed by atoms with Crippen molar-refractivity contribution in [2.45, 2.75) is 50.9 Å². The summed E-state index contributed by atoms with van der Waals surface area (Å²) < 4.78 is 32.9. The van der Waals surface area contributed by atoms with Gasteiger partial charge in [-0.15, -0.1) is 0 Å². The molecule has 3 saturated heterocycles. The van der Waals surface area contributed by atoms with Gasteiger partial charge < -0.3 is 34.0 Å². The van der Waals surface area contributed by atoms with Crippen LogP contribution in [0.15, 0.2) is 42.5 Å². The first kappa shape index (κ1) is 34.8. The fourth-order valence-electron chi connectivity index (χ4n) is 7.92. The Morgan fingerprint density at radius 1 is 1.04 bits per heavy atom. The number of rotatable bonds is 8. The zero-order valence-corrected chi connectivity index (χ0v) is 29.9. The van der Waals surface area contributed by atoms with Gasteiger partial charge in [-0.05, 0) is 51.0 Å². The molecule has 0 aromatic heterocycles. The summed E-state index contributed by atoms with van der Waals surface area (Å²) in [5, 5.41) is 10.5. The average molecular weight is 728 g/mol. The minimum Gasteiger partial charge on any atom is -0.478 e. The van der Waals surface area contributed by atoms with Crippen LogP contribution in [0.1, 0.15) is 53.0 Å². The van der Waals surface area contributed by atoms with E-state index in [4.69, 9.17) is 37.4 Å². The number of ether oxygens (including phenoxy) is 3. The number of hydrogen-bond donors (Lipinski definition) is 1. The predicted octanol–water partition coefficient (Wildman–Crippen LogP) is 6.40. The van der Waals surface area contributed by atoms with Crippen molar-refractivity contribution in [1.29, 1.82) is 0 Å². The molecule has 13 heteroatoms. The second-order valence-electron chi connectivity index (χ2n) is 14.1. The number of fused-ring (bicyclic) bond motifs is 3. The van der Waals surface area contributed by atoms with E-state index in [0.717, 1.165) is 50.8 Å². The van der Waals surface area contributed by atoms with E-state index in [2.05, 4.69) is 28.5 Å². The zero-order chi connectivity index (χ0) is 35.3. The molecule has 4 aliphatic rings. The first-order chi connectivity index (χ1) is 24.0. The number of amides is 1. The van der Waals surface area contributed by atoms with Crippen LogP contribution >= 0.6 is 23.2 Å². The largest absolute Gasteiger partial charge is 0.478 e. The molecule has 4 aliphatic heterocycles. The minimum atomic E-state index is -1.19. The molecule has 2 atom stereocenters. The maximum atomic E-state index is 15.7. The zero-order valence-electron chi connectivity index (χ0n) is 28.4. The van der Waals surface area contributed by atoms with E-state index in [9.17, 15) is 14.7 Å². The number of benzene rings is 3. The highest BCUT2D eigenvalue weighted by atomic mass is 35.5. The lowest BCUT2D eigenvalue weighted by Crippen LogP contribution is -2.60. The predicted molar refractivity (Wildman–Crippen MR) is 190 cm³/mol. The molecule has 0 saturated carbocycles. The average Bonchev–Trinajstić information content (AvgIpc) is 3.33. The van der Waals surface area contributed by atoms with Gasteiger partial charge in [0, 0.05) is 61.2 Å². The number of anilines is 2. The van der Waals surface area contributed by atoms with Crippen LogP contribution in [-0.2, 0) is 16.0 Å². The van der Waals surface area contributed by atoms with E-state index in [-0.39, 0.29) is 63.5 Å². The van der Waals surface area contributed by atoms with Gasteiger partial charge in [0.05, 0.1) is 65.3 Å². The summed E-state index contributed by atoms with van der Waals surface area (Å²) in [6.45, 7) is 9.35. The van der Waals surface area contributed by atoms with Gasteiger partial charge in [0.15, 0.2) is 6.73 Å². The lowest BCUT2D eigenvalue weighted by molar-refractivity contribution is 0.0516. The Balaban J connectivity index is 1.13. The third-order valence-electron chi connectivity index (χ3n) is 10.5. The van der Waals surface area contributed by atoms with Gasteiger partial charge in [-0.25, -0.2) is 9.18 Å². The van der Waals surface area contributed by atoms with Crippen molar-refractivity contribution in [2.24, 2.45) is 0 Å². The Morgan fingerprint density at radius 3 is 2.42 bits per heavy atom. The summed E-state index contributed by atoms with van der Waals surface area (Å²) in [6.07, 6.45) is 1.76. The van der Waals surface area contributed by atoms with Crippen molar-refractivity contribution in [3.05, 3.63) is 75.0 Å². The Labute approximate surface area is 301 Å². The molecular weight excluding hydrogens is 686 g/mol. The van der Waals surface area contributed by atoms with Crippen LogP contribution in [0.3, 0.4) is 0 Å². The third kappa shape index (κ3) is 6.39. The quantitative estimate of drug-likeness (QED) is 0.283. The van der Waals surface area contributed by atoms with Gasteiger partial charge in [0.2, 0.25) is 0 Å². The molecule has 1 N–H and O–H groups in total. The van der Waals surface area contributed by atoms with Gasteiger partial charge in [-0.3, -0.25) is 9.69 Å². The standard InChI is InChI=1S/C37H41Cl2FN4O6/c1-37(2)20-41(9-10-43(37)11-12-48-3)25-13-29(38)33(30(39)14-25)35(45)42-17-22-5-4-6-26(34(22)50-21-42)27-16-32(28(36(46)47)15-31(27)40)44-23-7-8-24(44)19-49-18-23/h4-6,13-16,23-24H,7-12,17-21H2,1-3H3,(H,46,47). The van der Waals surface area contributed by atoms with Crippen molar-refractivity contribution in [1.82, 2.24) is 9.80 Å². The second kappa shape index (κ2) is 13.8. The highest BCUT2D eigenvalue weighted by Gasteiger charge is 2.40.